The van der Waals surface area contributed by atoms with Crippen molar-refractivity contribution in [3.8, 4) is 0 Å². The average molecular weight is 371 g/mol. The molecule has 128 valence electrons. The van der Waals surface area contributed by atoms with Crippen LogP contribution in [0.25, 0.3) is 0 Å². The van der Waals surface area contributed by atoms with Crippen LogP contribution in [0.5, 0.6) is 0 Å². The van der Waals surface area contributed by atoms with Crippen molar-refractivity contribution < 1.29 is 4.79 Å². The lowest BCUT2D eigenvalue weighted by Crippen LogP contribution is -2.14. The number of H-pyrrole nitrogens is 1. The Morgan fingerprint density at radius 1 is 1.28 bits per heavy atom. The number of nitrogens with one attached hydrogen (secondary N) is 2. The standard InChI is InChI=1S/C18H18N4OS2/c23-17(19-14-7-6-12-3-1-4-13(12)9-14)11-25-18-20-16(21-22-18)10-15-5-2-8-24-15/h2,5-9H,1,3-4,10-11H2,(H,19,23)(H,20,21,22). The van der Waals surface area contributed by atoms with E-state index in [0.717, 1.165) is 30.8 Å². The number of rotatable bonds is 6. The van der Waals surface area contributed by atoms with Gasteiger partial charge in [-0.05, 0) is 54.0 Å². The first-order valence-electron chi connectivity index (χ1n) is 8.24. The van der Waals surface area contributed by atoms with E-state index in [-0.39, 0.29) is 5.91 Å². The number of thioether (sulfide) groups is 1. The molecule has 0 saturated heterocycles. The maximum Gasteiger partial charge on any atom is 0.234 e. The summed E-state index contributed by atoms with van der Waals surface area (Å²) in [6, 6.07) is 10.3. The fraction of sp³-hybridized carbons (Fsp3) is 0.278. The first kappa shape index (κ1) is 16.4. The number of aromatic nitrogens is 3. The van der Waals surface area contributed by atoms with E-state index in [1.165, 1.54) is 34.2 Å². The van der Waals surface area contributed by atoms with E-state index in [1.54, 1.807) is 11.3 Å². The van der Waals surface area contributed by atoms with Crippen LogP contribution in [0, 0.1) is 0 Å². The highest BCUT2D eigenvalue weighted by Gasteiger charge is 2.13. The van der Waals surface area contributed by atoms with Crippen LogP contribution in [0.2, 0.25) is 0 Å². The summed E-state index contributed by atoms with van der Waals surface area (Å²) in [5.74, 6) is 1.09. The monoisotopic (exact) mass is 370 g/mol. The lowest BCUT2D eigenvalue weighted by molar-refractivity contribution is -0.113. The van der Waals surface area contributed by atoms with Gasteiger partial charge in [0, 0.05) is 17.0 Å². The van der Waals surface area contributed by atoms with Gasteiger partial charge in [0.1, 0.15) is 5.82 Å². The highest BCUT2D eigenvalue weighted by Crippen LogP contribution is 2.25. The van der Waals surface area contributed by atoms with Gasteiger partial charge in [-0.2, -0.15) is 0 Å². The third kappa shape index (κ3) is 4.11. The van der Waals surface area contributed by atoms with Gasteiger partial charge in [0.2, 0.25) is 11.1 Å². The van der Waals surface area contributed by atoms with Crippen LogP contribution in [0.15, 0.2) is 40.9 Å². The molecule has 0 radical (unpaired) electrons. The van der Waals surface area contributed by atoms with E-state index in [0.29, 0.717) is 10.9 Å². The molecule has 25 heavy (non-hydrogen) atoms. The second-order valence-electron chi connectivity index (χ2n) is 5.99. The third-order valence-electron chi connectivity index (χ3n) is 4.15. The SMILES string of the molecule is O=C(CSc1n[nH]c(Cc2cccs2)n1)Nc1ccc2c(c1)CCC2. The summed E-state index contributed by atoms with van der Waals surface area (Å²) in [7, 11) is 0. The number of hydrogen-bond donors (Lipinski definition) is 2. The fourth-order valence-corrected chi connectivity index (χ4v) is 4.30. The minimum Gasteiger partial charge on any atom is -0.325 e. The van der Waals surface area contributed by atoms with Crippen molar-refractivity contribution in [2.24, 2.45) is 0 Å². The van der Waals surface area contributed by atoms with Gasteiger partial charge in [0.05, 0.1) is 5.75 Å². The van der Waals surface area contributed by atoms with E-state index in [1.807, 2.05) is 17.5 Å². The zero-order chi connectivity index (χ0) is 17.1. The van der Waals surface area contributed by atoms with Crippen molar-refractivity contribution >= 4 is 34.7 Å². The molecule has 0 atom stereocenters. The summed E-state index contributed by atoms with van der Waals surface area (Å²) in [6.45, 7) is 0. The first-order chi connectivity index (χ1) is 12.3. The topological polar surface area (TPSA) is 70.7 Å². The summed E-state index contributed by atoms with van der Waals surface area (Å²) in [4.78, 5) is 17.8. The zero-order valence-corrected chi connectivity index (χ0v) is 15.3. The Hall–Kier alpha value is -2.12. The summed E-state index contributed by atoms with van der Waals surface area (Å²) >= 11 is 3.04. The van der Waals surface area contributed by atoms with Crippen molar-refractivity contribution in [2.45, 2.75) is 30.8 Å². The molecule has 2 heterocycles. The number of aromatic amines is 1. The number of carbonyl (C=O) groups is 1. The molecule has 0 fully saturated rings. The molecule has 0 spiro atoms. The average Bonchev–Trinajstić information content (AvgIpc) is 3.35. The number of fused-ring (bicyclic) bond motifs is 1. The Balaban J connectivity index is 1.29. The van der Waals surface area contributed by atoms with E-state index >= 15 is 0 Å². The molecule has 7 heteroatoms. The van der Waals surface area contributed by atoms with Crippen LogP contribution < -0.4 is 5.32 Å². The minimum atomic E-state index is -0.0347. The Morgan fingerprint density at radius 2 is 2.20 bits per heavy atom. The minimum absolute atomic E-state index is 0.0347. The molecule has 0 bridgehead atoms. The smallest absolute Gasteiger partial charge is 0.234 e. The van der Waals surface area contributed by atoms with Gasteiger partial charge in [-0.15, -0.1) is 16.4 Å². The van der Waals surface area contributed by atoms with Gasteiger partial charge in [-0.3, -0.25) is 9.89 Å². The maximum absolute atomic E-state index is 12.2. The molecule has 0 aliphatic heterocycles. The van der Waals surface area contributed by atoms with E-state index in [4.69, 9.17) is 0 Å². The lowest BCUT2D eigenvalue weighted by atomic mass is 10.1. The van der Waals surface area contributed by atoms with Crippen LogP contribution in [0.3, 0.4) is 0 Å². The normalized spacial score (nSPS) is 13.0. The first-order valence-corrected chi connectivity index (χ1v) is 10.1. The number of carbonyl (C=O) groups excluding carboxylic acids is 1. The summed E-state index contributed by atoms with van der Waals surface area (Å²) < 4.78 is 0. The highest BCUT2D eigenvalue weighted by molar-refractivity contribution is 7.99. The molecule has 5 nitrogen and oxygen atoms in total. The van der Waals surface area contributed by atoms with Crippen LogP contribution in [0.4, 0.5) is 5.69 Å². The predicted molar refractivity (Wildman–Crippen MR) is 101 cm³/mol. The number of nitrogens with zero attached hydrogens (tertiary/aromatic N) is 2. The molecule has 2 N–H and O–H groups in total. The van der Waals surface area contributed by atoms with Gasteiger partial charge in [-0.25, -0.2) is 4.98 Å². The van der Waals surface area contributed by atoms with Gasteiger partial charge in [0.25, 0.3) is 0 Å². The molecule has 3 aromatic rings. The van der Waals surface area contributed by atoms with Gasteiger partial charge >= 0.3 is 0 Å². The van der Waals surface area contributed by atoms with Gasteiger partial charge < -0.3 is 5.32 Å². The van der Waals surface area contributed by atoms with E-state index in [9.17, 15) is 4.79 Å². The quantitative estimate of drug-likeness (QED) is 0.650. The number of amides is 1. The zero-order valence-electron chi connectivity index (χ0n) is 13.6. The summed E-state index contributed by atoms with van der Waals surface area (Å²) in [6.07, 6.45) is 4.21. The summed E-state index contributed by atoms with van der Waals surface area (Å²) in [5, 5.41) is 12.7. The number of thiophene rings is 1. The fourth-order valence-electron chi connectivity index (χ4n) is 2.98. The Labute approximate surface area is 154 Å². The molecule has 0 saturated carbocycles. The molecule has 2 aromatic heterocycles. The van der Waals surface area contributed by atoms with Crippen molar-refractivity contribution in [1.29, 1.82) is 0 Å². The molecule has 1 aliphatic carbocycles. The molecule has 0 unspecified atom stereocenters. The maximum atomic E-state index is 12.2. The number of hydrogen-bond acceptors (Lipinski definition) is 5. The molecular weight excluding hydrogens is 352 g/mol. The van der Waals surface area contributed by atoms with Crippen LogP contribution >= 0.6 is 23.1 Å². The van der Waals surface area contributed by atoms with E-state index < -0.39 is 0 Å². The van der Waals surface area contributed by atoms with Crippen molar-refractivity contribution in [3.63, 3.8) is 0 Å². The third-order valence-corrected chi connectivity index (χ3v) is 5.87. The number of aryl methyl sites for hydroxylation is 2. The molecular formula is C18H18N4OS2. The van der Waals surface area contributed by atoms with Crippen molar-refractivity contribution in [1.82, 2.24) is 15.2 Å². The lowest BCUT2D eigenvalue weighted by Gasteiger charge is -2.06. The van der Waals surface area contributed by atoms with Crippen molar-refractivity contribution in [3.05, 3.63) is 57.5 Å². The number of anilines is 1. The Bertz CT molecular complexity index is 873. The van der Waals surface area contributed by atoms with Gasteiger partial charge in [0.15, 0.2) is 0 Å². The second-order valence-corrected chi connectivity index (χ2v) is 7.97. The molecule has 1 aromatic carbocycles. The van der Waals surface area contributed by atoms with Crippen molar-refractivity contribution in [2.75, 3.05) is 11.1 Å². The molecule has 1 aliphatic rings. The van der Waals surface area contributed by atoms with E-state index in [2.05, 4.69) is 38.7 Å². The molecule has 4 rings (SSSR count). The Morgan fingerprint density at radius 3 is 3.08 bits per heavy atom. The summed E-state index contributed by atoms with van der Waals surface area (Å²) in [5.41, 5.74) is 3.64. The van der Waals surface area contributed by atoms with Crippen LogP contribution in [-0.4, -0.2) is 26.8 Å². The largest absolute Gasteiger partial charge is 0.325 e. The Kier molecular flexibility index (Phi) is 4.85. The molecule has 1 amide bonds. The van der Waals surface area contributed by atoms with Crippen LogP contribution in [0.1, 0.15) is 28.2 Å². The van der Waals surface area contributed by atoms with Crippen LogP contribution in [-0.2, 0) is 24.1 Å². The van der Waals surface area contributed by atoms with Gasteiger partial charge in [-0.1, -0.05) is 23.9 Å². The second kappa shape index (κ2) is 7.41. The highest BCUT2D eigenvalue weighted by atomic mass is 32.2. The number of benzene rings is 1. The predicted octanol–water partition coefficient (Wildman–Crippen LogP) is 3.68.